The molecule has 0 radical (unpaired) electrons. The summed E-state index contributed by atoms with van der Waals surface area (Å²) in [4.78, 5) is 8.22. The van der Waals surface area contributed by atoms with Crippen molar-refractivity contribution in [3.8, 4) is 5.88 Å². The highest BCUT2D eigenvalue weighted by atomic mass is 32.2. The molecular weight excluding hydrogens is 264 g/mol. The summed E-state index contributed by atoms with van der Waals surface area (Å²) in [6.07, 6.45) is 1.48. The molecule has 0 aliphatic heterocycles. The lowest BCUT2D eigenvalue weighted by molar-refractivity contribution is 0.395. The minimum atomic E-state index is -3.44. The minimum absolute atomic E-state index is 0.222. The zero-order chi connectivity index (χ0) is 13.9. The van der Waals surface area contributed by atoms with Crippen molar-refractivity contribution < 1.29 is 13.2 Å². The molecule has 0 fully saturated rings. The first-order chi connectivity index (χ1) is 9.01. The molecule has 1 aromatic carbocycles. The largest absolute Gasteiger partial charge is 0.481 e. The van der Waals surface area contributed by atoms with Crippen LogP contribution in [-0.2, 0) is 15.6 Å². The number of benzene rings is 1. The highest BCUT2D eigenvalue weighted by Gasteiger charge is 2.17. The van der Waals surface area contributed by atoms with Crippen LogP contribution in [0.5, 0.6) is 5.88 Å². The van der Waals surface area contributed by atoms with Gasteiger partial charge in [-0.25, -0.2) is 13.4 Å². The van der Waals surface area contributed by atoms with Gasteiger partial charge in [-0.15, -0.1) is 0 Å². The molecule has 0 atom stereocenters. The standard InChI is InChI=1S/C13H14N2O3S/c1-10-3-5-11(6-4-10)19(16,17)9-12-14-8-7-13(15-12)18-2/h3-8H,9H2,1-2H3. The van der Waals surface area contributed by atoms with Gasteiger partial charge in [0.25, 0.3) is 0 Å². The first-order valence-electron chi connectivity index (χ1n) is 5.66. The van der Waals surface area contributed by atoms with E-state index < -0.39 is 9.84 Å². The van der Waals surface area contributed by atoms with E-state index in [2.05, 4.69) is 9.97 Å². The third-order valence-corrected chi connectivity index (χ3v) is 4.22. The van der Waals surface area contributed by atoms with Crippen molar-refractivity contribution in [3.63, 3.8) is 0 Å². The van der Waals surface area contributed by atoms with Crippen molar-refractivity contribution in [1.82, 2.24) is 9.97 Å². The maximum atomic E-state index is 12.2. The summed E-state index contributed by atoms with van der Waals surface area (Å²) in [5.74, 6) is 0.330. The highest BCUT2D eigenvalue weighted by Crippen LogP contribution is 2.16. The molecule has 100 valence electrons. The SMILES string of the molecule is COc1ccnc(CS(=O)(=O)c2ccc(C)cc2)n1. The van der Waals surface area contributed by atoms with E-state index in [0.717, 1.165) is 5.56 Å². The average Bonchev–Trinajstić information content (AvgIpc) is 2.39. The van der Waals surface area contributed by atoms with Crippen molar-refractivity contribution in [2.24, 2.45) is 0 Å². The molecule has 0 aliphatic rings. The second kappa shape index (κ2) is 5.36. The van der Waals surface area contributed by atoms with Crippen molar-refractivity contribution >= 4 is 9.84 Å². The molecule has 2 aromatic rings. The number of aryl methyl sites for hydroxylation is 1. The minimum Gasteiger partial charge on any atom is -0.481 e. The fourth-order valence-corrected chi connectivity index (χ4v) is 2.76. The lowest BCUT2D eigenvalue weighted by Crippen LogP contribution is -2.08. The molecule has 0 N–H and O–H groups in total. The molecule has 6 heteroatoms. The Morgan fingerprint density at radius 2 is 1.84 bits per heavy atom. The Labute approximate surface area is 112 Å². The predicted molar refractivity (Wildman–Crippen MR) is 70.7 cm³/mol. The van der Waals surface area contributed by atoms with Crippen LogP contribution in [0.2, 0.25) is 0 Å². The Morgan fingerprint density at radius 3 is 2.47 bits per heavy atom. The van der Waals surface area contributed by atoms with Crippen LogP contribution in [0.3, 0.4) is 0 Å². The van der Waals surface area contributed by atoms with Crippen LogP contribution in [0.25, 0.3) is 0 Å². The second-order valence-corrected chi connectivity index (χ2v) is 6.08. The van der Waals surface area contributed by atoms with Crippen molar-refractivity contribution in [2.45, 2.75) is 17.6 Å². The number of ether oxygens (including phenoxy) is 1. The molecule has 0 aliphatic carbocycles. The fraction of sp³-hybridized carbons (Fsp3) is 0.231. The Hall–Kier alpha value is -1.95. The Morgan fingerprint density at radius 1 is 1.16 bits per heavy atom. The molecule has 1 heterocycles. The fourth-order valence-electron chi connectivity index (χ4n) is 1.56. The van der Waals surface area contributed by atoms with Gasteiger partial charge in [0.1, 0.15) is 11.6 Å². The molecule has 0 saturated heterocycles. The van der Waals surface area contributed by atoms with E-state index in [1.54, 1.807) is 30.3 Å². The summed E-state index contributed by atoms with van der Waals surface area (Å²) in [6.45, 7) is 1.90. The van der Waals surface area contributed by atoms with E-state index in [1.165, 1.54) is 13.3 Å². The summed E-state index contributed by atoms with van der Waals surface area (Å²) in [7, 11) is -1.96. The van der Waals surface area contributed by atoms with Crippen molar-refractivity contribution in [1.29, 1.82) is 0 Å². The monoisotopic (exact) mass is 278 g/mol. The third kappa shape index (κ3) is 3.29. The topological polar surface area (TPSA) is 69.2 Å². The zero-order valence-electron chi connectivity index (χ0n) is 10.7. The zero-order valence-corrected chi connectivity index (χ0v) is 11.5. The van der Waals surface area contributed by atoms with Gasteiger partial charge in [0.15, 0.2) is 9.84 Å². The Bertz CT molecular complexity index is 667. The van der Waals surface area contributed by atoms with E-state index in [0.29, 0.717) is 5.88 Å². The van der Waals surface area contributed by atoms with Gasteiger partial charge in [-0.05, 0) is 19.1 Å². The third-order valence-electron chi connectivity index (χ3n) is 2.59. The number of sulfone groups is 1. The van der Waals surface area contributed by atoms with Crippen LogP contribution < -0.4 is 4.74 Å². The maximum absolute atomic E-state index is 12.2. The van der Waals surface area contributed by atoms with Crippen LogP contribution in [0.1, 0.15) is 11.4 Å². The van der Waals surface area contributed by atoms with Gasteiger partial charge in [-0.2, -0.15) is 4.98 Å². The number of hydrogen-bond donors (Lipinski definition) is 0. The molecule has 0 saturated carbocycles. The molecule has 0 spiro atoms. The van der Waals surface area contributed by atoms with Gasteiger partial charge < -0.3 is 4.74 Å². The molecule has 0 amide bonds. The predicted octanol–water partition coefficient (Wildman–Crippen LogP) is 1.77. The number of hydrogen-bond acceptors (Lipinski definition) is 5. The van der Waals surface area contributed by atoms with E-state index >= 15 is 0 Å². The summed E-state index contributed by atoms with van der Waals surface area (Å²) in [5.41, 5.74) is 1.01. The molecule has 5 nitrogen and oxygen atoms in total. The summed E-state index contributed by atoms with van der Waals surface area (Å²) in [6, 6.07) is 8.27. The number of aromatic nitrogens is 2. The van der Waals surface area contributed by atoms with E-state index in [4.69, 9.17) is 4.74 Å². The van der Waals surface area contributed by atoms with Gasteiger partial charge in [-0.3, -0.25) is 0 Å². The molecule has 19 heavy (non-hydrogen) atoms. The highest BCUT2D eigenvalue weighted by molar-refractivity contribution is 7.90. The Kier molecular flexibility index (Phi) is 3.80. The van der Waals surface area contributed by atoms with Crippen molar-refractivity contribution in [3.05, 3.63) is 47.9 Å². The van der Waals surface area contributed by atoms with Crippen molar-refractivity contribution in [2.75, 3.05) is 7.11 Å². The molecular formula is C13H14N2O3S. The van der Waals surface area contributed by atoms with Gasteiger partial charge in [0.2, 0.25) is 5.88 Å². The summed E-state index contributed by atoms with van der Waals surface area (Å²) in [5, 5.41) is 0. The van der Waals surface area contributed by atoms with E-state index in [-0.39, 0.29) is 16.5 Å². The van der Waals surface area contributed by atoms with Gasteiger partial charge in [0, 0.05) is 12.3 Å². The molecule has 0 unspecified atom stereocenters. The number of nitrogens with zero attached hydrogens (tertiary/aromatic N) is 2. The smallest absolute Gasteiger partial charge is 0.216 e. The maximum Gasteiger partial charge on any atom is 0.216 e. The van der Waals surface area contributed by atoms with Crippen LogP contribution in [0.15, 0.2) is 41.4 Å². The lowest BCUT2D eigenvalue weighted by Gasteiger charge is -2.05. The van der Waals surface area contributed by atoms with Crippen LogP contribution >= 0.6 is 0 Å². The van der Waals surface area contributed by atoms with Gasteiger partial charge >= 0.3 is 0 Å². The summed E-state index contributed by atoms with van der Waals surface area (Å²) >= 11 is 0. The molecule has 1 aromatic heterocycles. The number of rotatable bonds is 4. The van der Waals surface area contributed by atoms with Crippen LogP contribution in [0.4, 0.5) is 0 Å². The normalized spacial score (nSPS) is 11.3. The van der Waals surface area contributed by atoms with Crippen LogP contribution in [-0.4, -0.2) is 25.5 Å². The first kappa shape index (κ1) is 13.5. The van der Waals surface area contributed by atoms with Gasteiger partial charge in [0.05, 0.1) is 12.0 Å². The Balaban J connectivity index is 2.28. The first-order valence-corrected chi connectivity index (χ1v) is 7.32. The average molecular weight is 278 g/mol. The second-order valence-electron chi connectivity index (χ2n) is 4.09. The number of methoxy groups -OCH3 is 1. The molecule has 2 rings (SSSR count). The quantitative estimate of drug-likeness (QED) is 0.852. The van der Waals surface area contributed by atoms with E-state index in [9.17, 15) is 8.42 Å². The molecule has 0 bridgehead atoms. The van der Waals surface area contributed by atoms with Crippen LogP contribution in [0, 0.1) is 6.92 Å². The summed E-state index contributed by atoms with van der Waals surface area (Å²) < 4.78 is 29.3. The lowest BCUT2D eigenvalue weighted by atomic mass is 10.2. The van der Waals surface area contributed by atoms with E-state index in [1.807, 2.05) is 6.92 Å². The van der Waals surface area contributed by atoms with Gasteiger partial charge in [-0.1, -0.05) is 17.7 Å².